The Bertz CT molecular complexity index is 695. The predicted octanol–water partition coefficient (Wildman–Crippen LogP) is 1.97. The number of hydrogen-bond donors (Lipinski definition) is 2. The molecule has 0 spiro atoms. The van der Waals surface area contributed by atoms with Crippen molar-refractivity contribution in [2.45, 2.75) is 11.5 Å². The standard InChI is InChI=1S/C12H13ClN2O3S/c1-15-7-10(6-9(15)8-16)19(17,18)14-12-5-3-2-4-11(12)13/h2-7,14,16H,8H2,1H3. The van der Waals surface area contributed by atoms with E-state index in [4.69, 9.17) is 16.7 Å². The zero-order valence-corrected chi connectivity index (χ0v) is 11.7. The fraction of sp³-hybridized carbons (Fsp3) is 0.167. The third-order valence-electron chi connectivity index (χ3n) is 2.67. The first kappa shape index (κ1) is 13.9. The zero-order chi connectivity index (χ0) is 14.0. The summed E-state index contributed by atoms with van der Waals surface area (Å²) in [5, 5.41) is 9.40. The summed E-state index contributed by atoms with van der Waals surface area (Å²) in [6.45, 7) is -0.224. The van der Waals surface area contributed by atoms with E-state index in [-0.39, 0.29) is 11.5 Å². The quantitative estimate of drug-likeness (QED) is 0.907. The Morgan fingerprint density at radius 1 is 1.37 bits per heavy atom. The Hall–Kier alpha value is -1.50. The van der Waals surface area contributed by atoms with Crippen LogP contribution in [0.3, 0.4) is 0 Å². The highest BCUT2D eigenvalue weighted by atomic mass is 35.5. The molecule has 1 aromatic heterocycles. The third kappa shape index (κ3) is 2.91. The van der Waals surface area contributed by atoms with E-state index < -0.39 is 10.0 Å². The van der Waals surface area contributed by atoms with Crippen molar-refractivity contribution in [3.63, 3.8) is 0 Å². The highest BCUT2D eigenvalue weighted by Crippen LogP contribution is 2.24. The Morgan fingerprint density at radius 3 is 2.63 bits per heavy atom. The van der Waals surface area contributed by atoms with Crippen molar-refractivity contribution in [3.05, 3.63) is 47.2 Å². The van der Waals surface area contributed by atoms with Gasteiger partial charge in [0.25, 0.3) is 10.0 Å². The summed E-state index contributed by atoms with van der Waals surface area (Å²) in [4.78, 5) is 0.0824. The van der Waals surface area contributed by atoms with Crippen molar-refractivity contribution in [2.75, 3.05) is 4.72 Å². The van der Waals surface area contributed by atoms with E-state index in [1.165, 1.54) is 12.3 Å². The Kier molecular flexibility index (Phi) is 3.84. The van der Waals surface area contributed by atoms with E-state index in [0.717, 1.165) is 0 Å². The van der Waals surface area contributed by atoms with E-state index in [1.54, 1.807) is 35.9 Å². The van der Waals surface area contributed by atoms with Gasteiger partial charge in [0.15, 0.2) is 0 Å². The second-order valence-electron chi connectivity index (χ2n) is 4.02. The zero-order valence-electron chi connectivity index (χ0n) is 10.2. The number of aliphatic hydroxyl groups is 1. The van der Waals surface area contributed by atoms with Crippen LogP contribution in [0.15, 0.2) is 41.4 Å². The summed E-state index contributed by atoms with van der Waals surface area (Å²) in [7, 11) is -2.05. The van der Waals surface area contributed by atoms with E-state index in [9.17, 15) is 8.42 Å². The van der Waals surface area contributed by atoms with Crippen LogP contribution in [0.1, 0.15) is 5.69 Å². The van der Waals surface area contributed by atoms with Gasteiger partial charge in [-0.25, -0.2) is 8.42 Å². The Balaban J connectivity index is 2.35. The van der Waals surface area contributed by atoms with Crippen molar-refractivity contribution >= 4 is 27.3 Å². The molecule has 7 heteroatoms. The van der Waals surface area contributed by atoms with Crippen molar-refractivity contribution < 1.29 is 13.5 Å². The van der Waals surface area contributed by atoms with Crippen molar-refractivity contribution in [3.8, 4) is 0 Å². The fourth-order valence-electron chi connectivity index (χ4n) is 1.63. The molecule has 0 saturated heterocycles. The monoisotopic (exact) mass is 300 g/mol. The van der Waals surface area contributed by atoms with Crippen LogP contribution in [0, 0.1) is 0 Å². The average molecular weight is 301 g/mol. The van der Waals surface area contributed by atoms with Gasteiger partial charge < -0.3 is 9.67 Å². The number of nitrogens with one attached hydrogen (secondary N) is 1. The maximum atomic E-state index is 12.2. The van der Waals surface area contributed by atoms with Crippen LogP contribution in [0.25, 0.3) is 0 Å². The molecule has 0 amide bonds. The van der Waals surface area contributed by atoms with Gasteiger partial charge in [0.1, 0.15) is 4.90 Å². The first-order valence-corrected chi connectivity index (χ1v) is 7.33. The molecule has 0 saturated carbocycles. The number of aryl methyl sites for hydroxylation is 1. The molecule has 102 valence electrons. The first-order chi connectivity index (χ1) is 8.94. The molecule has 0 aliphatic rings. The number of sulfonamides is 1. The minimum absolute atomic E-state index is 0.0824. The maximum Gasteiger partial charge on any atom is 0.263 e. The van der Waals surface area contributed by atoms with Crippen LogP contribution in [0.4, 0.5) is 5.69 Å². The summed E-state index contributed by atoms with van der Waals surface area (Å²) in [6, 6.07) is 8.00. The van der Waals surface area contributed by atoms with Crippen LogP contribution in [0.5, 0.6) is 0 Å². The summed E-state index contributed by atoms with van der Waals surface area (Å²) in [6.07, 6.45) is 1.44. The molecular weight excluding hydrogens is 288 g/mol. The lowest BCUT2D eigenvalue weighted by molar-refractivity contribution is 0.272. The van der Waals surface area contributed by atoms with Gasteiger partial charge >= 0.3 is 0 Å². The number of rotatable bonds is 4. The molecule has 0 radical (unpaired) electrons. The van der Waals surface area contributed by atoms with E-state index in [2.05, 4.69) is 4.72 Å². The maximum absolute atomic E-state index is 12.2. The highest BCUT2D eigenvalue weighted by molar-refractivity contribution is 7.92. The molecule has 19 heavy (non-hydrogen) atoms. The molecule has 1 heterocycles. The van der Waals surface area contributed by atoms with E-state index in [1.807, 2.05) is 0 Å². The Morgan fingerprint density at radius 2 is 2.05 bits per heavy atom. The fourth-order valence-corrected chi connectivity index (χ4v) is 3.04. The van der Waals surface area contributed by atoms with Gasteiger partial charge in [-0.3, -0.25) is 4.72 Å². The van der Waals surface area contributed by atoms with Gasteiger partial charge in [0.05, 0.1) is 17.3 Å². The lowest BCUT2D eigenvalue weighted by atomic mass is 10.3. The summed E-state index contributed by atoms with van der Waals surface area (Å²) in [5.41, 5.74) is 0.832. The number of benzene rings is 1. The van der Waals surface area contributed by atoms with Gasteiger partial charge in [-0.2, -0.15) is 0 Å². The van der Waals surface area contributed by atoms with E-state index in [0.29, 0.717) is 16.4 Å². The largest absolute Gasteiger partial charge is 0.390 e. The van der Waals surface area contributed by atoms with Crippen LogP contribution < -0.4 is 4.72 Å². The number of aliphatic hydroxyl groups excluding tert-OH is 1. The van der Waals surface area contributed by atoms with Crippen LogP contribution in [-0.4, -0.2) is 18.1 Å². The number of nitrogens with zero attached hydrogens (tertiary/aromatic N) is 1. The highest BCUT2D eigenvalue weighted by Gasteiger charge is 2.18. The molecule has 0 fully saturated rings. The predicted molar refractivity (Wildman–Crippen MR) is 73.6 cm³/mol. The van der Waals surface area contributed by atoms with Gasteiger partial charge in [0.2, 0.25) is 0 Å². The second-order valence-corrected chi connectivity index (χ2v) is 6.11. The molecule has 2 N–H and O–H groups in total. The molecule has 2 aromatic rings. The van der Waals surface area contributed by atoms with Crippen molar-refractivity contribution in [1.29, 1.82) is 0 Å². The van der Waals surface area contributed by atoms with Gasteiger partial charge in [-0.15, -0.1) is 0 Å². The molecular formula is C12H13ClN2O3S. The van der Waals surface area contributed by atoms with Crippen LogP contribution in [0.2, 0.25) is 5.02 Å². The van der Waals surface area contributed by atoms with Crippen molar-refractivity contribution in [1.82, 2.24) is 4.57 Å². The molecule has 0 bridgehead atoms. The number of anilines is 1. The van der Waals surface area contributed by atoms with Crippen LogP contribution in [-0.2, 0) is 23.7 Å². The van der Waals surface area contributed by atoms with E-state index >= 15 is 0 Å². The number of hydrogen-bond acceptors (Lipinski definition) is 3. The number of aromatic nitrogens is 1. The van der Waals surface area contributed by atoms with Gasteiger partial charge in [-0.05, 0) is 18.2 Å². The van der Waals surface area contributed by atoms with Crippen molar-refractivity contribution in [2.24, 2.45) is 7.05 Å². The molecule has 0 aliphatic carbocycles. The topological polar surface area (TPSA) is 71.3 Å². The SMILES string of the molecule is Cn1cc(S(=O)(=O)Nc2ccccc2Cl)cc1CO. The molecule has 0 atom stereocenters. The second kappa shape index (κ2) is 5.24. The summed E-state index contributed by atoms with van der Waals surface area (Å²) >= 11 is 5.91. The lowest BCUT2D eigenvalue weighted by Crippen LogP contribution is -2.12. The van der Waals surface area contributed by atoms with Crippen LogP contribution >= 0.6 is 11.6 Å². The summed E-state index contributed by atoms with van der Waals surface area (Å²) in [5.74, 6) is 0. The smallest absolute Gasteiger partial charge is 0.263 e. The number of halogens is 1. The first-order valence-electron chi connectivity index (χ1n) is 5.47. The molecule has 0 unspecified atom stereocenters. The Labute approximate surface area is 116 Å². The molecule has 5 nitrogen and oxygen atoms in total. The average Bonchev–Trinajstić information content (AvgIpc) is 2.74. The minimum atomic E-state index is -3.71. The number of para-hydroxylation sites is 1. The normalized spacial score (nSPS) is 11.5. The minimum Gasteiger partial charge on any atom is -0.390 e. The molecule has 2 rings (SSSR count). The molecule has 1 aromatic carbocycles. The molecule has 0 aliphatic heterocycles. The third-order valence-corrected chi connectivity index (χ3v) is 4.34. The van der Waals surface area contributed by atoms with Gasteiger partial charge in [-0.1, -0.05) is 23.7 Å². The summed E-state index contributed by atoms with van der Waals surface area (Å²) < 4.78 is 28.3. The van der Waals surface area contributed by atoms with Gasteiger partial charge in [0, 0.05) is 18.9 Å². The lowest BCUT2D eigenvalue weighted by Gasteiger charge is -2.07.